The van der Waals surface area contributed by atoms with Crippen LogP contribution in [0.4, 0.5) is 25.0 Å². The molecule has 2 amide bonds. The third-order valence-corrected chi connectivity index (χ3v) is 6.20. The van der Waals surface area contributed by atoms with Gasteiger partial charge in [-0.05, 0) is 52.9 Å². The van der Waals surface area contributed by atoms with Gasteiger partial charge in [0.2, 0.25) is 0 Å². The summed E-state index contributed by atoms with van der Waals surface area (Å²) >= 11 is 0. The van der Waals surface area contributed by atoms with E-state index in [1.165, 1.54) is 18.2 Å². The minimum atomic E-state index is -0.676. The van der Waals surface area contributed by atoms with E-state index >= 15 is 0 Å². The van der Waals surface area contributed by atoms with Crippen LogP contribution in [0.2, 0.25) is 0 Å². The number of hydrogen-bond acceptors (Lipinski definition) is 3. The standard InChI is InChI=1S/C29H24F2N2O3/c30-25-7-4-8-26(31)24(25)18-36-23-12-11-21(13-19-5-2-1-3-6-19)28(15-23)33-16-22-10-9-20(17-34)14-27(22)32-29(33)35/h1-12,14-15,34H,13,16-18H2,(H,32,35). The normalized spacial score (nSPS) is 12.8. The van der Waals surface area contributed by atoms with Crippen molar-refractivity contribution in [3.8, 4) is 5.75 Å². The van der Waals surface area contributed by atoms with Crippen LogP contribution in [0, 0.1) is 11.6 Å². The van der Waals surface area contributed by atoms with E-state index in [9.17, 15) is 18.7 Å². The number of nitrogens with one attached hydrogen (secondary N) is 1. The quantitative estimate of drug-likeness (QED) is 0.328. The summed E-state index contributed by atoms with van der Waals surface area (Å²) in [4.78, 5) is 14.8. The number of amides is 2. The lowest BCUT2D eigenvalue weighted by molar-refractivity contribution is 0.255. The van der Waals surface area contributed by atoms with E-state index in [4.69, 9.17) is 4.74 Å². The van der Waals surface area contributed by atoms with E-state index in [0.29, 0.717) is 35.7 Å². The number of aliphatic hydroxyl groups excluding tert-OH is 1. The number of anilines is 2. The number of urea groups is 1. The molecule has 0 saturated carbocycles. The van der Waals surface area contributed by atoms with Gasteiger partial charge in [0, 0.05) is 11.8 Å². The summed E-state index contributed by atoms with van der Waals surface area (Å²) in [6.07, 6.45) is 0.582. The molecule has 4 aromatic carbocycles. The smallest absolute Gasteiger partial charge is 0.326 e. The van der Waals surface area contributed by atoms with Crippen molar-refractivity contribution in [2.24, 2.45) is 0 Å². The zero-order valence-corrected chi connectivity index (χ0v) is 19.4. The Labute approximate surface area is 207 Å². The Balaban J connectivity index is 1.48. The molecule has 1 aliphatic rings. The summed E-state index contributed by atoms with van der Waals surface area (Å²) in [6.45, 7) is -0.0783. The Kier molecular flexibility index (Phi) is 6.64. The fourth-order valence-corrected chi connectivity index (χ4v) is 4.27. The van der Waals surface area contributed by atoms with Crippen LogP contribution in [0.3, 0.4) is 0 Å². The molecule has 4 aromatic rings. The second-order valence-corrected chi connectivity index (χ2v) is 8.61. The number of ether oxygens (including phenoxy) is 1. The Morgan fingerprint density at radius 1 is 0.889 bits per heavy atom. The minimum absolute atomic E-state index is 0.115. The molecule has 0 spiro atoms. The Morgan fingerprint density at radius 3 is 2.42 bits per heavy atom. The maximum atomic E-state index is 14.1. The molecule has 0 aromatic heterocycles. The lowest BCUT2D eigenvalue weighted by Crippen LogP contribution is -2.39. The van der Waals surface area contributed by atoms with Crippen LogP contribution in [-0.2, 0) is 26.2 Å². The molecule has 5 nitrogen and oxygen atoms in total. The first-order valence-corrected chi connectivity index (χ1v) is 11.6. The van der Waals surface area contributed by atoms with Gasteiger partial charge in [-0.1, -0.05) is 54.6 Å². The summed E-state index contributed by atoms with van der Waals surface area (Å²) in [5.74, 6) is -0.964. The molecule has 7 heteroatoms. The fourth-order valence-electron chi connectivity index (χ4n) is 4.27. The number of carbonyl (C=O) groups is 1. The number of benzene rings is 4. The van der Waals surface area contributed by atoms with Gasteiger partial charge < -0.3 is 15.2 Å². The van der Waals surface area contributed by atoms with E-state index in [2.05, 4.69) is 5.32 Å². The lowest BCUT2D eigenvalue weighted by Gasteiger charge is -2.31. The molecule has 0 fully saturated rings. The Morgan fingerprint density at radius 2 is 1.67 bits per heavy atom. The number of nitrogens with zero attached hydrogens (tertiary/aromatic N) is 1. The molecule has 0 aliphatic carbocycles. The summed E-state index contributed by atoms with van der Waals surface area (Å²) < 4.78 is 33.9. The molecule has 0 bridgehead atoms. The first kappa shape index (κ1) is 23.5. The van der Waals surface area contributed by atoms with Crippen LogP contribution < -0.4 is 15.0 Å². The van der Waals surface area contributed by atoms with Gasteiger partial charge in [-0.3, -0.25) is 4.90 Å². The second kappa shape index (κ2) is 10.2. The number of halogens is 2. The highest BCUT2D eigenvalue weighted by Crippen LogP contribution is 2.34. The molecule has 0 atom stereocenters. The van der Waals surface area contributed by atoms with Crippen molar-refractivity contribution >= 4 is 17.4 Å². The largest absolute Gasteiger partial charge is 0.489 e. The van der Waals surface area contributed by atoms with Crippen molar-refractivity contribution < 1.29 is 23.4 Å². The van der Waals surface area contributed by atoms with E-state index in [1.54, 1.807) is 23.1 Å². The van der Waals surface area contributed by atoms with Crippen LogP contribution in [0.15, 0.2) is 84.9 Å². The van der Waals surface area contributed by atoms with Crippen LogP contribution in [0.25, 0.3) is 0 Å². The first-order chi connectivity index (χ1) is 17.5. The second-order valence-electron chi connectivity index (χ2n) is 8.61. The van der Waals surface area contributed by atoms with Gasteiger partial charge >= 0.3 is 6.03 Å². The Hall–Kier alpha value is -4.23. The molecular formula is C29H24F2N2O3. The van der Waals surface area contributed by atoms with E-state index < -0.39 is 11.6 Å². The zero-order chi connectivity index (χ0) is 25.1. The lowest BCUT2D eigenvalue weighted by atomic mass is 10.0. The third kappa shape index (κ3) is 4.92. The maximum absolute atomic E-state index is 14.1. The Bertz CT molecular complexity index is 1390. The van der Waals surface area contributed by atoms with Crippen molar-refractivity contribution in [1.82, 2.24) is 0 Å². The summed E-state index contributed by atoms with van der Waals surface area (Å²) in [7, 11) is 0. The van der Waals surface area contributed by atoms with E-state index in [0.717, 1.165) is 16.7 Å². The van der Waals surface area contributed by atoms with Gasteiger partial charge in [-0.15, -0.1) is 0 Å². The summed E-state index contributed by atoms with van der Waals surface area (Å²) in [5, 5.41) is 12.3. The number of carbonyl (C=O) groups excluding carboxylic acids is 1. The zero-order valence-electron chi connectivity index (χ0n) is 19.4. The predicted molar refractivity (Wildman–Crippen MR) is 134 cm³/mol. The molecule has 1 aliphatic heterocycles. The number of rotatable bonds is 7. The monoisotopic (exact) mass is 486 g/mol. The fraction of sp³-hybridized carbons (Fsp3) is 0.138. The van der Waals surface area contributed by atoms with Gasteiger partial charge in [0.15, 0.2) is 0 Å². The van der Waals surface area contributed by atoms with Crippen molar-refractivity contribution in [1.29, 1.82) is 0 Å². The molecule has 0 saturated heterocycles. The van der Waals surface area contributed by atoms with E-state index in [-0.39, 0.29) is 24.8 Å². The van der Waals surface area contributed by atoms with Crippen LogP contribution in [-0.4, -0.2) is 11.1 Å². The molecule has 0 radical (unpaired) electrons. The van der Waals surface area contributed by atoms with Gasteiger partial charge in [0.25, 0.3) is 0 Å². The molecular weight excluding hydrogens is 462 g/mol. The summed E-state index contributed by atoms with van der Waals surface area (Å²) in [5.41, 5.74) is 4.73. The topological polar surface area (TPSA) is 61.8 Å². The van der Waals surface area contributed by atoms with Crippen LogP contribution in [0.5, 0.6) is 5.75 Å². The molecule has 2 N–H and O–H groups in total. The average molecular weight is 487 g/mol. The van der Waals surface area contributed by atoms with Gasteiger partial charge in [0.1, 0.15) is 24.0 Å². The van der Waals surface area contributed by atoms with E-state index in [1.807, 2.05) is 48.5 Å². The average Bonchev–Trinajstić information content (AvgIpc) is 2.89. The van der Waals surface area contributed by atoms with Crippen molar-refractivity contribution in [2.45, 2.75) is 26.2 Å². The van der Waals surface area contributed by atoms with Crippen molar-refractivity contribution in [2.75, 3.05) is 10.2 Å². The third-order valence-electron chi connectivity index (χ3n) is 6.20. The highest BCUT2D eigenvalue weighted by molar-refractivity contribution is 6.05. The maximum Gasteiger partial charge on any atom is 0.326 e. The molecule has 36 heavy (non-hydrogen) atoms. The highest BCUT2D eigenvalue weighted by atomic mass is 19.1. The molecule has 5 rings (SSSR count). The van der Waals surface area contributed by atoms with Gasteiger partial charge in [-0.2, -0.15) is 0 Å². The minimum Gasteiger partial charge on any atom is -0.489 e. The molecule has 1 heterocycles. The van der Waals surface area contributed by atoms with Crippen molar-refractivity contribution in [3.63, 3.8) is 0 Å². The number of aliphatic hydroxyl groups is 1. The van der Waals surface area contributed by atoms with Crippen LogP contribution >= 0.6 is 0 Å². The highest BCUT2D eigenvalue weighted by Gasteiger charge is 2.26. The van der Waals surface area contributed by atoms with Crippen LogP contribution in [0.1, 0.15) is 27.8 Å². The number of fused-ring (bicyclic) bond motifs is 1. The van der Waals surface area contributed by atoms with Gasteiger partial charge in [0.05, 0.1) is 24.4 Å². The summed E-state index contributed by atoms with van der Waals surface area (Å²) in [6, 6.07) is 24.0. The predicted octanol–water partition coefficient (Wildman–Crippen LogP) is 6.18. The van der Waals surface area contributed by atoms with Crippen molar-refractivity contribution in [3.05, 3.63) is 124 Å². The van der Waals surface area contributed by atoms with Gasteiger partial charge in [-0.25, -0.2) is 13.6 Å². The molecule has 182 valence electrons. The molecule has 0 unspecified atom stereocenters. The SMILES string of the molecule is O=C1Nc2cc(CO)ccc2CN1c1cc(OCc2c(F)cccc2F)ccc1Cc1ccccc1. The first-order valence-electron chi connectivity index (χ1n) is 11.6. The number of hydrogen-bond donors (Lipinski definition) is 2.